The van der Waals surface area contributed by atoms with Crippen molar-refractivity contribution in [3.05, 3.63) is 9.72 Å². The Morgan fingerprint density at radius 3 is 3.00 bits per heavy atom. The summed E-state index contributed by atoms with van der Waals surface area (Å²) in [4.78, 5) is 4.15. The van der Waals surface area contributed by atoms with Crippen molar-refractivity contribution < 1.29 is 9.26 Å². The third-order valence-electron chi connectivity index (χ3n) is 2.40. The third-order valence-corrected chi connectivity index (χ3v) is 2.84. The zero-order valence-corrected chi connectivity index (χ0v) is 10.1. The molecule has 0 bridgehead atoms. The quantitative estimate of drug-likeness (QED) is 0.803. The number of rotatable bonds is 3. The second-order valence-corrected chi connectivity index (χ2v) is 4.45. The van der Waals surface area contributed by atoms with Crippen LogP contribution in [-0.2, 0) is 11.2 Å². The van der Waals surface area contributed by atoms with Gasteiger partial charge < -0.3 is 9.26 Å². The van der Waals surface area contributed by atoms with Crippen molar-refractivity contribution in [3.8, 4) is 0 Å². The normalized spacial score (nSPS) is 22.5. The van der Waals surface area contributed by atoms with Gasteiger partial charge in [0.05, 0.1) is 6.10 Å². The second kappa shape index (κ2) is 5.06. The maximum Gasteiger partial charge on any atom is 0.232 e. The summed E-state index contributed by atoms with van der Waals surface area (Å²) in [5.41, 5.74) is 0. The Morgan fingerprint density at radius 1 is 1.43 bits per heavy atom. The molecule has 2 rings (SSSR count). The zero-order valence-electron chi connectivity index (χ0n) is 7.91. The van der Waals surface area contributed by atoms with E-state index in [4.69, 9.17) is 9.26 Å². The van der Waals surface area contributed by atoms with Gasteiger partial charge in [-0.15, -0.1) is 0 Å². The first kappa shape index (κ1) is 10.4. The zero-order chi connectivity index (χ0) is 9.80. The molecular formula is C9H13IN2O2. The number of ether oxygens (including phenoxy) is 1. The van der Waals surface area contributed by atoms with Gasteiger partial charge in [-0.25, -0.2) is 0 Å². The summed E-state index contributed by atoms with van der Waals surface area (Å²) < 4.78 is 11.3. The van der Waals surface area contributed by atoms with Crippen LogP contribution < -0.4 is 0 Å². The van der Waals surface area contributed by atoms with Crippen molar-refractivity contribution in [1.82, 2.24) is 10.1 Å². The van der Waals surface area contributed by atoms with Gasteiger partial charge in [-0.2, -0.15) is 4.98 Å². The topological polar surface area (TPSA) is 48.2 Å². The number of halogens is 1. The fraction of sp³-hybridized carbons (Fsp3) is 0.778. The molecule has 0 saturated carbocycles. The molecule has 0 amide bonds. The molecule has 2 heterocycles. The van der Waals surface area contributed by atoms with E-state index in [1.807, 2.05) is 22.6 Å². The predicted octanol–water partition coefficient (Wildman–Crippen LogP) is 2.18. The minimum atomic E-state index is 0.397. The summed E-state index contributed by atoms with van der Waals surface area (Å²) in [5.74, 6) is 0.726. The van der Waals surface area contributed by atoms with Gasteiger partial charge >= 0.3 is 0 Å². The van der Waals surface area contributed by atoms with Crippen LogP contribution >= 0.6 is 22.6 Å². The first-order valence-electron chi connectivity index (χ1n) is 4.94. The van der Waals surface area contributed by atoms with Crippen molar-refractivity contribution in [2.75, 3.05) is 6.61 Å². The van der Waals surface area contributed by atoms with Gasteiger partial charge in [0.15, 0.2) is 0 Å². The molecule has 0 aromatic carbocycles. The van der Waals surface area contributed by atoms with Crippen molar-refractivity contribution in [1.29, 1.82) is 0 Å². The van der Waals surface area contributed by atoms with Crippen molar-refractivity contribution >= 4 is 22.6 Å². The minimum absolute atomic E-state index is 0.397. The maximum absolute atomic E-state index is 5.61. The van der Waals surface area contributed by atoms with Gasteiger partial charge in [0.2, 0.25) is 9.72 Å². The molecule has 4 nitrogen and oxygen atoms in total. The van der Waals surface area contributed by atoms with E-state index in [9.17, 15) is 0 Å². The summed E-state index contributed by atoms with van der Waals surface area (Å²) in [7, 11) is 0. The average Bonchev–Trinajstić information content (AvgIpc) is 2.63. The summed E-state index contributed by atoms with van der Waals surface area (Å²) in [5, 5.41) is 3.74. The smallest absolute Gasteiger partial charge is 0.232 e. The van der Waals surface area contributed by atoms with E-state index < -0.39 is 0 Å². The maximum atomic E-state index is 5.61. The van der Waals surface area contributed by atoms with Gasteiger partial charge in [-0.3, -0.25) is 0 Å². The van der Waals surface area contributed by atoms with Crippen LogP contribution in [0.2, 0.25) is 0 Å². The minimum Gasteiger partial charge on any atom is -0.378 e. The Bertz CT molecular complexity index is 284. The molecule has 1 aromatic heterocycles. The van der Waals surface area contributed by atoms with Crippen LogP contribution in [0.4, 0.5) is 0 Å². The molecule has 1 aliphatic heterocycles. The lowest BCUT2D eigenvalue weighted by Crippen LogP contribution is -2.19. The first-order chi connectivity index (χ1) is 6.84. The first-order valence-corrected chi connectivity index (χ1v) is 6.02. The van der Waals surface area contributed by atoms with Crippen LogP contribution in [0, 0.1) is 3.83 Å². The molecule has 14 heavy (non-hydrogen) atoms. The summed E-state index contributed by atoms with van der Waals surface area (Å²) in [6, 6.07) is 0. The highest BCUT2D eigenvalue weighted by Crippen LogP contribution is 2.17. The predicted molar refractivity (Wildman–Crippen MR) is 58.9 cm³/mol. The number of hydrogen-bond acceptors (Lipinski definition) is 4. The molecular weight excluding hydrogens is 295 g/mol. The fourth-order valence-corrected chi connectivity index (χ4v) is 2.02. The van der Waals surface area contributed by atoms with E-state index >= 15 is 0 Å². The number of nitrogens with zero attached hydrogens (tertiary/aromatic N) is 2. The Morgan fingerprint density at radius 2 is 2.36 bits per heavy atom. The van der Waals surface area contributed by atoms with E-state index in [-0.39, 0.29) is 0 Å². The standard InChI is InChI=1S/C9H13IN2O2/c10-9-11-8(14-12-9)5-4-7-3-1-2-6-13-7/h7H,1-6H2. The lowest BCUT2D eigenvalue weighted by Gasteiger charge is -2.21. The van der Waals surface area contributed by atoms with E-state index in [0.717, 1.165) is 25.3 Å². The molecule has 1 aliphatic rings. The van der Waals surface area contributed by atoms with Crippen molar-refractivity contribution in [3.63, 3.8) is 0 Å². The molecule has 0 spiro atoms. The molecule has 0 aliphatic carbocycles. The van der Waals surface area contributed by atoms with Gasteiger partial charge in [-0.05, 0) is 25.7 Å². The Labute approximate surface area is 96.5 Å². The van der Waals surface area contributed by atoms with Crippen LogP contribution in [0.1, 0.15) is 31.6 Å². The van der Waals surface area contributed by atoms with E-state index in [0.29, 0.717) is 9.94 Å². The van der Waals surface area contributed by atoms with E-state index in [2.05, 4.69) is 10.1 Å². The number of hydrogen-bond donors (Lipinski definition) is 0. The van der Waals surface area contributed by atoms with Crippen LogP contribution in [0.5, 0.6) is 0 Å². The highest BCUT2D eigenvalue weighted by atomic mass is 127. The molecule has 1 aromatic rings. The van der Waals surface area contributed by atoms with E-state index in [1.165, 1.54) is 19.3 Å². The SMILES string of the molecule is Ic1noc(CCC2CCCCO2)n1. The van der Waals surface area contributed by atoms with Crippen LogP contribution in [0.3, 0.4) is 0 Å². The molecule has 1 fully saturated rings. The molecule has 0 radical (unpaired) electrons. The highest BCUT2D eigenvalue weighted by molar-refractivity contribution is 14.1. The Kier molecular flexibility index (Phi) is 3.74. The fourth-order valence-electron chi connectivity index (χ4n) is 1.66. The van der Waals surface area contributed by atoms with Crippen LogP contribution in [0.25, 0.3) is 0 Å². The largest absolute Gasteiger partial charge is 0.378 e. The molecule has 1 unspecified atom stereocenters. The van der Waals surface area contributed by atoms with E-state index in [1.54, 1.807) is 0 Å². The van der Waals surface area contributed by atoms with Crippen molar-refractivity contribution in [2.24, 2.45) is 0 Å². The number of aromatic nitrogens is 2. The molecule has 0 N–H and O–H groups in total. The van der Waals surface area contributed by atoms with Crippen LogP contribution in [0.15, 0.2) is 4.52 Å². The monoisotopic (exact) mass is 308 g/mol. The van der Waals surface area contributed by atoms with Gasteiger partial charge in [-0.1, -0.05) is 5.16 Å². The Hall–Kier alpha value is -0.170. The van der Waals surface area contributed by atoms with Gasteiger partial charge in [0, 0.05) is 35.6 Å². The molecule has 78 valence electrons. The average molecular weight is 308 g/mol. The molecule has 1 atom stereocenters. The summed E-state index contributed by atoms with van der Waals surface area (Å²) >= 11 is 2.05. The van der Waals surface area contributed by atoms with Crippen molar-refractivity contribution in [2.45, 2.75) is 38.2 Å². The number of aryl methyl sites for hydroxylation is 1. The second-order valence-electron chi connectivity index (χ2n) is 3.48. The molecule has 1 saturated heterocycles. The lowest BCUT2D eigenvalue weighted by atomic mass is 10.0. The highest BCUT2D eigenvalue weighted by Gasteiger charge is 2.15. The summed E-state index contributed by atoms with van der Waals surface area (Å²) in [6.45, 7) is 0.909. The Balaban J connectivity index is 1.76. The summed E-state index contributed by atoms with van der Waals surface area (Å²) in [6.07, 6.45) is 5.89. The van der Waals surface area contributed by atoms with Gasteiger partial charge in [0.1, 0.15) is 0 Å². The van der Waals surface area contributed by atoms with Gasteiger partial charge in [0.25, 0.3) is 0 Å². The van der Waals surface area contributed by atoms with Crippen LogP contribution in [-0.4, -0.2) is 22.9 Å². The lowest BCUT2D eigenvalue weighted by molar-refractivity contribution is 0.0104. The molecule has 5 heteroatoms. The third kappa shape index (κ3) is 2.91.